The number of aryl methyl sites for hydroxylation is 2. The van der Waals surface area contributed by atoms with E-state index in [0.29, 0.717) is 12.2 Å². The summed E-state index contributed by atoms with van der Waals surface area (Å²) in [4.78, 5) is 27.9. The minimum Gasteiger partial charge on any atom is -0.355 e. The van der Waals surface area contributed by atoms with Gasteiger partial charge in [-0.1, -0.05) is 65.7 Å². The number of carbonyl (C=O) groups excluding carboxylic acids is 2. The Kier molecular flexibility index (Phi) is 8.88. The lowest BCUT2D eigenvalue weighted by atomic mass is 10.1. The molecule has 0 bridgehead atoms. The van der Waals surface area contributed by atoms with E-state index in [2.05, 4.69) is 5.32 Å². The Balaban J connectivity index is 2.01. The van der Waals surface area contributed by atoms with Gasteiger partial charge in [0.2, 0.25) is 11.8 Å². The fourth-order valence-electron chi connectivity index (χ4n) is 3.76. The maximum absolute atomic E-state index is 13.7. The van der Waals surface area contributed by atoms with Gasteiger partial charge in [-0.3, -0.25) is 13.9 Å². The fourth-order valence-corrected chi connectivity index (χ4v) is 5.18. The molecule has 0 heterocycles. The van der Waals surface area contributed by atoms with E-state index in [9.17, 15) is 18.0 Å². The lowest BCUT2D eigenvalue weighted by molar-refractivity contribution is -0.139. The van der Waals surface area contributed by atoms with Gasteiger partial charge in [-0.05, 0) is 57.5 Å². The molecule has 0 aromatic heterocycles. The van der Waals surface area contributed by atoms with Crippen LogP contribution in [0.15, 0.2) is 83.8 Å². The quantitative estimate of drug-likeness (QED) is 0.449. The lowest BCUT2D eigenvalue weighted by Crippen LogP contribution is -2.51. The average Bonchev–Trinajstić information content (AvgIpc) is 2.87. The molecule has 190 valence electrons. The number of carbonyl (C=O) groups is 2. The van der Waals surface area contributed by atoms with Crippen LogP contribution in [0.2, 0.25) is 0 Å². The first kappa shape index (κ1) is 26.9. The molecule has 3 aromatic rings. The van der Waals surface area contributed by atoms with Crippen LogP contribution >= 0.6 is 0 Å². The molecular weight excluding hydrogens is 474 g/mol. The monoisotopic (exact) mass is 507 g/mol. The van der Waals surface area contributed by atoms with E-state index in [0.717, 1.165) is 21.0 Å². The van der Waals surface area contributed by atoms with Gasteiger partial charge in [0.1, 0.15) is 12.6 Å². The van der Waals surface area contributed by atoms with Crippen molar-refractivity contribution in [1.82, 2.24) is 10.2 Å². The number of hydrogen-bond donors (Lipinski definition) is 1. The molecule has 1 atom stereocenters. The number of benzene rings is 3. The van der Waals surface area contributed by atoms with Crippen LogP contribution in [0.3, 0.4) is 0 Å². The summed E-state index contributed by atoms with van der Waals surface area (Å²) in [5.74, 6) is -0.779. The van der Waals surface area contributed by atoms with E-state index in [1.165, 1.54) is 17.0 Å². The molecule has 0 radical (unpaired) electrons. The highest BCUT2D eigenvalue weighted by Crippen LogP contribution is 2.25. The second-order valence-corrected chi connectivity index (χ2v) is 10.6. The number of anilines is 1. The summed E-state index contributed by atoms with van der Waals surface area (Å²) in [6.07, 6.45) is 0. The maximum Gasteiger partial charge on any atom is 0.264 e. The van der Waals surface area contributed by atoms with Gasteiger partial charge in [0.05, 0.1) is 10.6 Å². The molecule has 7 nitrogen and oxygen atoms in total. The van der Waals surface area contributed by atoms with Gasteiger partial charge < -0.3 is 10.2 Å². The minimum absolute atomic E-state index is 0.0906. The van der Waals surface area contributed by atoms with Crippen molar-refractivity contribution in [3.05, 3.63) is 95.6 Å². The van der Waals surface area contributed by atoms with Crippen molar-refractivity contribution in [2.75, 3.05) is 17.4 Å². The van der Waals surface area contributed by atoms with Gasteiger partial charge in [-0.2, -0.15) is 0 Å². The van der Waals surface area contributed by atoms with E-state index in [1.807, 2.05) is 44.2 Å². The first-order chi connectivity index (χ1) is 17.1. The summed E-state index contributed by atoms with van der Waals surface area (Å²) in [5, 5.41) is 2.75. The van der Waals surface area contributed by atoms with Gasteiger partial charge in [0, 0.05) is 13.1 Å². The van der Waals surface area contributed by atoms with E-state index in [4.69, 9.17) is 0 Å². The second-order valence-electron chi connectivity index (χ2n) is 8.74. The lowest BCUT2D eigenvalue weighted by Gasteiger charge is -2.32. The minimum atomic E-state index is -4.06. The van der Waals surface area contributed by atoms with Crippen LogP contribution in [0.5, 0.6) is 0 Å². The molecule has 0 saturated heterocycles. The van der Waals surface area contributed by atoms with Gasteiger partial charge in [0.25, 0.3) is 10.0 Å². The van der Waals surface area contributed by atoms with Crippen LogP contribution in [-0.4, -0.2) is 44.3 Å². The largest absolute Gasteiger partial charge is 0.355 e. The molecule has 1 N–H and O–H groups in total. The number of sulfonamides is 1. The van der Waals surface area contributed by atoms with Crippen LogP contribution in [0.1, 0.15) is 30.5 Å². The molecule has 0 aliphatic carbocycles. The van der Waals surface area contributed by atoms with Gasteiger partial charge in [-0.15, -0.1) is 0 Å². The molecule has 0 aliphatic rings. The summed E-state index contributed by atoms with van der Waals surface area (Å²) in [5.41, 5.74) is 3.11. The van der Waals surface area contributed by atoms with Crippen molar-refractivity contribution in [3.8, 4) is 0 Å². The van der Waals surface area contributed by atoms with E-state index < -0.39 is 28.5 Å². The molecule has 8 heteroatoms. The summed E-state index contributed by atoms with van der Waals surface area (Å²) in [6.45, 7) is 7.39. The Morgan fingerprint density at radius 2 is 1.42 bits per heavy atom. The van der Waals surface area contributed by atoms with Gasteiger partial charge in [0.15, 0.2) is 0 Å². The van der Waals surface area contributed by atoms with Gasteiger partial charge in [-0.25, -0.2) is 8.42 Å². The Bertz CT molecular complexity index is 1270. The topological polar surface area (TPSA) is 86.8 Å². The zero-order valence-electron chi connectivity index (χ0n) is 21.1. The predicted octanol–water partition coefficient (Wildman–Crippen LogP) is 4.05. The third kappa shape index (κ3) is 6.51. The van der Waals surface area contributed by atoms with E-state index >= 15 is 0 Å². The highest BCUT2D eigenvalue weighted by atomic mass is 32.2. The molecule has 3 aromatic carbocycles. The van der Waals surface area contributed by atoms with E-state index in [-0.39, 0.29) is 17.3 Å². The smallest absolute Gasteiger partial charge is 0.264 e. The summed E-state index contributed by atoms with van der Waals surface area (Å²) in [6, 6.07) is 22.0. The zero-order valence-corrected chi connectivity index (χ0v) is 22.0. The predicted molar refractivity (Wildman–Crippen MR) is 142 cm³/mol. The molecular formula is C28H33N3O4S. The second kappa shape index (κ2) is 11.9. The molecule has 3 rings (SSSR count). The summed E-state index contributed by atoms with van der Waals surface area (Å²) >= 11 is 0. The Labute approximate surface area is 213 Å². The summed E-state index contributed by atoms with van der Waals surface area (Å²) in [7, 11) is -4.06. The molecule has 2 amide bonds. The van der Waals surface area contributed by atoms with Gasteiger partial charge >= 0.3 is 0 Å². The third-order valence-electron chi connectivity index (χ3n) is 5.92. The Hall–Kier alpha value is -3.65. The van der Waals surface area contributed by atoms with Crippen molar-refractivity contribution in [1.29, 1.82) is 0 Å². The molecule has 0 spiro atoms. The van der Waals surface area contributed by atoms with Crippen molar-refractivity contribution in [2.45, 2.75) is 45.2 Å². The van der Waals surface area contributed by atoms with Crippen LogP contribution in [0.25, 0.3) is 0 Å². The molecule has 0 unspecified atom stereocenters. The zero-order chi connectivity index (χ0) is 26.3. The number of rotatable bonds is 10. The average molecular weight is 508 g/mol. The number of likely N-dealkylation sites (N-methyl/N-ethyl adjacent to an activating group) is 1. The number of hydrogen-bond acceptors (Lipinski definition) is 4. The first-order valence-corrected chi connectivity index (χ1v) is 13.3. The van der Waals surface area contributed by atoms with Crippen LogP contribution in [0, 0.1) is 13.8 Å². The molecule has 0 fully saturated rings. The first-order valence-electron chi connectivity index (χ1n) is 11.9. The van der Waals surface area contributed by atoms with Crippen LogP contribution in [-0.2, 0) is 26.2 Å². The fraction of sp³-hybridized carbons (Fsp3) is 0.286. The standard InChI is InChI=1S/C28H33N3O4S/c1-5-29-28(33)23(4)30(19-24-9-7-6-8-10-24)27(32)20-31(25-15-11-21(2)12-16-25)36(34,35)26-17-13-22(3)14-18-26/h6-18,23H,5,19-20H2,1-4H3,(H,29,33)/t23-/m0/s1. The maximum atomic E-state index is 13.7. The Morgan fingerprint density at radius 3 is 1.97 bits per heavy atom. The van der Waals surface area contributed by atoms with Crippen molar-refractivity contribution < 1.29 is 18.0 Å². The van der Waals surface area contributed by atoms with Crippen LogP contribution in [0.4, 0.5) is 5.69 Å². The van der Waals surface area contributed by atoms with Crippen molar-refractivity contribution in [2.24, 2.45) is 0 Å². The SMILES string of the molecule is CCNC(=O)[C@H](C)N(Cc1ccccc1)C(=O)CN(c1ccc(C)cc1)S(=O)(=O)c1ccc(C)cc1. The number of nitrogens with one attached hydrogen (secondary N) is 1. The Morgan fingerprint density at radius 1 is 0.861 bits per heavy atom. The molecule has 36 heavy (non-hydrogen) atoms. The number of amides is 2. The van der Waals surface area contributed by atoms with E-state index in [1.54, 1.807) is 50.2 Å². The molecule has 0 saturated carbocycles. The normalized spacial score (nSPS) is 12.0. The van der Waals surface area contributed by atoms with Crippen molar-refractivity contribution >= 4 is 27.5 Å². The molecule has 0 aliphatic heterocycles. The van der Waals surface area contributed by atoms with Crippen molar-refractivity contribution in [3.63, 3.8) is 0 Å². The van der Waals surface area contributed by atoms with Crippen LogP contribution < -0.4 is 9.62 Å². The third-order valence-corrected chi connectivity index (χ3v) is 7.71. The number of nitrogens with zero attached hydrogens (tertiary/aromatic N) is 2. The highest BCUT2D eigenvalue weighted by Gasteiger charge is 2.32. The summed E-state index contributed by atoms with van der Waals surface area (Å²) < 4.78 is 28.6. The highest BCUT2D eigenvalue weighted by molar-refractivity contribution is 7.92.